The number of halogens is 1. The first-order chi connectivity index (χ1) is 11.1. The number of fused-ring (bicyclic) bond motifs is 1. The molecule has 0 saturated carbocycles. The zero-order valence-electron chi connectivity index (χ0n) is 12.2. The SMILES string of the molecule is COC(=O)c1cc2c(Cl)c(OC)c(-c3ccc(C=O)o3)cc2o1. The van der Waals surface area contributed by atoms with E-state index in [1.165, 1.54) is 26.4 Å². The predicted octanol–water partition coefficient (Wildman–Crippen LogP) is 3.95. The highest BCUT2D eigenvalue weighted by molar-refractivity contribution is 6.37. The van der Waals surface area contributed by atoms with E-state index in [4.69, 9.17) is 25.2 Å². The highest BCUT2D eigenvalue weighted by atomic mass is 35.5. The first kappa shape index (κ1) is 15.2. The highest BCUT2D eigenvalue weighted by Gasteiger charge is 2.21. The molecule has 0 aliphatic heterocycles. The molecule has 0 bridgehead atoms. The lowest BCUT2D eigenvalue weighted by atomic mass is 10.1. The summed E-state index contributed by atoms with van der Waals surface area (Å²) in [6, 6.07) is 6.25. The van der Waals surface area contributed by atoms with Crippen LogP contribution in [0.25, 0.3) is 22.3 Å². The summed E-state index contributed by atoms with van der Waals surface area (Å²) < 4.78 is 20.8. The van der Waals surface area contributed by atoms with Crippen LogP contribution < -0.4 is 4.74 Å². The molecule has 1 aromatic carbocycles. The van der Waals surface area contributed by atoms with Crippen molar-refractivity contribution in [3.05, 3.63) is 40.8 Å². The van der Waals surface area contributed by atoms with Crippen molar-refractivity contribution in [1.82, 2.24) is 0 Å². The monoisotopic (exact) mass is 334 g/mol. The molecule has 0 N–H and O–H groups in total. The number of furan rings is 2. The number of hydrogen-bond donors (Lipinski definition) is 0. The van der Waals surface area contributed by atoms with E-state index in [0.29, 0.717) is 34.3 Å². The first-order valence-electron chi connectivity index (χ1n) is 6.52. The van der Waals surface area contributed by atoms with E-state index in [-0.39, 0.29) is 16.5 Å². The maximum absolute atomic E-state index is 11.6. The van der Waals surface area contributed by atoms with Gasteiger partial charge >= 0.3 is 5.97 Å². The van der Waals surface area contributed by atoms with Crippen LogP contribution in [0.15, 0.2) is 33.1 Å². The van der Waals surface area contributed by atoms with Crippen molar-refractivity contribution in [2.24, 2.45) is 0 Å². The molecule has 0 saturated heterocycles. The molecule has 3 aromatic rings. The van der Waals surface area contributed by atoms with Crippen LogP contribution in [0.5, 0.6) is 5.75 Å². The van der Waals surface area contributed by atoms with Gasteiger partial charge in [-0.1, -0.05) is 11.6 Å². The van der Waals surface area contributed by atoms with Gasteiger partial charge in [-0.2, -0.15) is 0 Å². The molecular weight excluding hydrogens is 324 g/mol. The Hall–Kier alpha value is -2.73. The van der Waals surface area contributed by atoms with Gasteiger partial charge in [0.15, 0.2) is 12.0 Å². The van der Waals surface area contributed by atoms with E-state index in [1.54, 1.807) is 12.1 Å². The second-order valence-corrected chi connectivity index (χ2v) is 4.98. The predicted molar refractivity (Wildman–Crippen MR) is 82.2 cm³/mol. The fourth-order valence-electron chi connectivity index (χ4n) is 2.27. The zero-order chi connectivity index (χ0) is 16.6. The Bertz CT molecular complexity index is 905. The second-order valence-electron chi connectivity index (χ2n) is 4.61. The Labute approximate surface area is 135 Å². The Morgan fingerprint density at radius 2 is 2.00 bits per heavy atom. The van der Waals surface area contributed by atoms with E-state index >= 15 is 0 Å². The molecule has 0 unspecified atom stereocenters. The van der Waals surface area contributed by atoms with Crippen molar-refractivity contribution in [1.29, 1.82) is 0 Å². The number of rotatable bonds is 4. The maximum Gasteiger partial charge on any atom is 0.373 e. The summed E-state index contributed by atoms with van der Waals surface area (Å²) >= 11 is 6.35. The van der Waals surface area contributed by atoms with Gasteiger partial charge in [0.25, 0.3) is 0 Å². The largest absolute Gasteiger partial charge is 0.494 e. The number of ether oxygens (including phenoxy) is 2. The summed E-state index contributed by atoms with van der Waals surface area (Å²) in [5.74, 6) is 0.329. The number of esters is 1. The molecule has 2 aromatic heterocycles. The lowest BCUT2D eigenvalue weighted by molar-refractivity contribution is 0.0567. The highest BCUT2D eigenvalue weighted by Crippen LogP contribution is 2.43. The van der Waals surface area contributed by atoms with Gasteiger partial charge < -0.3 is 18.3 Å². The van der Waals surface area contributed by atoms with E-state index in [1.807, 2.05) is 0 Å². The standard InChI is InChI=1S/C16H11ClO6/c1-20-15-10(11-4-3-8(7-18)22-11)6-12-9(14(15)17)5-13(23-12)16(19)21-2/h3-7H,1-2H3. The molecule has 0 atom stereocenters. The molecular formula is C16H11ClO6. The Balaban J connectivity index is 2.25. The zero-order valence-corrected chi connectivity index (χ0v) is 13.0. The molecule has 2 heterocycles. The van der Waals surface area contributed by atoms with Gasteiger partial charge in [-0.05, 0) is 18.2 Å². The summed E-state index contributed by atoms with van der Waals surface area (Å²) in [5.41, 5.74) is 0.874. The molecule has 3 rings (SSSR count). The number of aldehydes is 1. The molecule has 7 heteroatoms. The molecule has 6 nitrogen and oxygen atoms in total. The van der Waals surface area contributed by atoms with Gasteiger partial charge in [0, 0.05) is 11.5 Å². The molecule has 118 valence electrons. The van der Waals surface area contributed by atoms with Crippen LogP contribution >= 0.6 is 11.6 Å². The summed E-state index contributed by atoms with van der Waals surface area (Å²) in [6.45, 7) is 0. The molecule has 0 amide bonds. The topological polar surface area (TPSA) is 78.9 Å². The van der Waals surface area contributed by atoms with Gasteiger partial charge in [-0.25, -0.2) is 4.79 Å². The number of methoxy groups -OCH3 is 2. The Kier molecular flexibility index (Phi) is 3.83. The van der Waals surface area contributed by atoms with Crippen LogP contribution in [-0.4, -0.2) is 26.5 Å². The summed E-state index contributed by atoms with van der Waals surface area (Å²) in [5, 5.41) is 0.776. The van der Waals surface area contributed by atoms with Gasteiger partial charge in [0.05, 0.1) is 24.8 Å². The normalized spacial score (nSPS) is 10.7. The van der Waals surface area contributed by atoms with Crippen LogP contribution in [-0.2, 0) is 4.74 Å². The van der Waals surface area contributed by atoms with Crippen molar-refractivity contribution in [2.45, 2.75) is 0 Å². The quantitative estimate of drug-likeness (QED) is 0.531. The smallest absolute Gasteiger partial charge is 0.373 e. The summed E-state index contributed by atoms with van der Waals surface area (Å²) in [4.78, 5) is 22.4. The average molecular weight is 335 g/mol. The van der Waals surface area contributed by atoms with Gasteiger partial charge in [-0.15, -0.1) is 0 Å². The number of carbonyl (C=O) groups excluding carboxylic acids is 2. The van der Waals surface area contributed by atoms with Crippen molar-refractivity contribution in [2.75, 3.05) is 14.2 Å². The number of carbonyl (C=O) groups is 2. The minimum absolute atomic E-state index is 0.0247. The first-order valence-corrected chi connectivity index (χ1v) is 6.90. The lowest BCUT2D eigenvalue weighted by Crippen LogP contribution is -1.97. The lowest BCUT2D eigenvalue weighted by Gasteiger charge is -2.08. The molecule has 0 radical (unpaired) electrons. The summed E-state index contributed by atoms with van der Waals surface area (Å²) in [6.07, 6.45) is 0.596. The van der Waals surface area contributed by atoms with E-state index in [2.05, 4.69) is 4.74 Å². The van der Waals surface area contributed by atoms with Crippen LogP contribution in [0.4, 0.5) is 0 Å². The molecule has 0 fully saturated rings. The Morgan fingerprint density at radius 3 is 2.61 bits per heavy atom. The van der Waals surface area contributed by atoms with E-state index < -0.39 is 5.97 Å². The van der Waals surface area contributed by atoms with Crippen LogP contribution in [0.2, 0.25) is 5.02 Å². The Morgan fingerprint density at radius 1 is 1.22 bits per heavy atom. The van der Waals surface area contributed by atoms with E-state index in [9.17, 15) is 9.59 Å². The van der Waals surface area contributed by atoms with Gasteiger partial charge in [-0.3, -0.25) is 4.79 Å². The summed E-state index contributed by atoms with van der Waals surface area (Å²) in [7, 11) is 2.72. The van der Waals surface area contributed by atoms with Crippen molar-refractivity contribution in [3.8, 4) is 17.1 Å². The molecule has 23 heavy (non-hydrogen) atoms. The van der Waals surface area contributed by atoms with Gasteiger partial charge in [0.1, 0.15) is 17.1 Å². The van der Waals surface area contributed by atoms with E-state index in [0.717, 1.165) is 0 Å². The van der Waals surface area contributed by atoms with Crippen molar-refractivity contribution >= 4 is 34.8 Å². The number of hydrogen-bond acceptors (Lipinski definition) is 6. The molecule has 0 aliphatic rings. The third kappa shape index (κ3) is 2.47. The minimum Gasteiger partial charge on any atom is -0.494 e. The average Bonchev–Trinajstić information content (AvgIpc) is 3.20. The molecule has 0 spiro atoms. The third-order valence-electron chi connectivity index (χ3n) is 3.32. The maximum atomic E-state index is 11.6. The van der Waals surface area contributed by atoms with Crippen LogP contribution in [0.3, 0.4) is 0 Å². The minimum atomic E-state index is -0.612. The second kappa shape index (κ2) is 5.81. The van der Waals surface area contributed by atoms with Crippen molar-refractivity contribution < 1.29 is 27.9 Å². The fourth-order valence-corrected chi connectivity index (χ4v) is 2.59. The van der Waals surface area contributed by atoms with Crippen LogP contribution in [0.1, 0.15) is 21.1 Å². The van der Waals surface area contributed by atoms with Crippen LogP contribution in [0, 0.1) is 0 Å². The fraction of sp³-hybridized carbons (Fsp3) is 0.125. The third-order valence-corrected chi connectivity index (χ3v) is 3.69. The number of benzene rings is 1. The molecule has 0 aliphatic carbocycles. The van der Waals surface area contributed by atoms with Crippen molar-refractivity contribution in [3.63, 3.8) is 0 Å². The van der Waals surface area contributed by atoms with Gasteiger partial charge in [0.2, 0.25) is 5.76 Å².